The van der Waals surface area contributed by atoms with Crippen LogP contribution in [0.1, 0.15) is 28.2 Å². The van der Waals surface area contributed by atoms with Crippen LogP contribution < -0.4 is 10.2 Å². The second-order valence-corrected chi connectivity index (χ2v) is 14.3. The molecule has 3 aromatic carbocycles. The Morgan fingerprint density at radius 2 is 1.67 bits per heavy atom. The van der Waals surface area contributed by atoms with Gasteiger partial charge in [-0.15, -0.1) is 10.2 Å². The van der Waals surface area contributed by atoms with Gasteiger partial charge in [-0.3, -0.25) is 14.2 Å². The maximum atomic E-state index is 13.3. The molecule has 0 saturated carbocycles. The monoisotopic (exact) mass is 710 g/mol. The van der Waals surface area contributed by atoms with Gasteiger partial charge in [-0.25, -0.2) is 8.42 Å². The van der Waals surface area contributed by atoms with Gasteiger partial charge in [0.15, 0.2) is 11.0 Å². The van der Waals surface area contributed by atoms with E-state index in [0.29, 0.717) is 49.4 Å². The van der Waals surface area contributed by atoms with Crippen molar-refractivity contribution in [1.29, 1.82) is 0 Å². The van der Waals surface area contributed by atoms with Gasteiger partial charge in [0, 0.05) is 41.0 Å². The first kappa shape index (κ1) is 31.4. The topological polar surface area (TPSA) is 127 Å². The van der Waals surface area contributed by atoms with Crippen molar-refractivity contribution in [2.75, 3.05) is 43.5 Å². The van der Waals surface area contributed by atoms with Gasteiger partial charge in [0.25, 0.3) is 5.91 Å². The molecule has 3 heterocycles. The van der Waals surface area contributed by atoms with Crippen LogP contribution in [0, 0.1) is 0 Å². The van der Waals surface area contributed by atoms with Crippen LogP contribution in [0.25, 0.3) is 5.69 Å². The number of para-hydroxylation sites is 1. The molecule has 234 valence electrons. The molecular weight excluding hydrogens is 680 g/mol. The van der Waals surface area contributed by atoms with E-state index in [1.807, 2.05) is 51.9 Å². The lowest BCUT2D eigenvalue weighted by molar-refractivity contribution is -0.116. The van der Waals surface area contributed by atoms with Gasteiger partial charge >= 0.3 is 0 Å². The van der Waals surface area contributed by atoms with Crippen molar-refractivity contribution in [3.05, 3.63) is 94.2 Å². The molecule has 0 atom stereocenters. The Kier molecular flexibility index (Phi) is 9.66. The number of hydrogen-bond acceptors (Lipinski definition) is 8. The first-order chi connectivity index (χ1) is 21.8. The molecule has 2 amide bonds. The minimum absolute atomic E-state index is 0.00793. The summed E-state index contributed by atoms with van der Waals surface area (Å²) in [5, 5.41) is 12.1. The summed E-state index contributed by atoms with van der Waals surface area (Å²) in [5.41, 5.74) is 3.22. The zero-order chi connectivity index (χ0) is 31.4. The van der Waals surface area contributed by atoms with Crippen molar-refractivity contribution >= 4 is 55.2 Å². The molecule has 0 unspecified atom stereocenters. The van der Waals surface area contributed by atoms with Crippen molar-refractivity contribution in [3.63, 3.8) is 0 Å². The minimum atomic E-state index is -3.66. The standard InChI is InChI=1S/C31H31BrN6O5S2/c32-24-9-11-25(12-10-24)38-28(34-35-31(38)44-21-29(39)37-15-3-5-22-4-1-2-6-27(22)37)20-33-30(40)23-7-13-26(14-8-23)45(41,42)36-16-18-43-19-17-36/h1-2,4,6-14H,3,5,15-21H2,(H,33,40). The van der Waals surface area contributed by atoms with Crippen LogP contribution in [0.2, 0.25) is 0 Å². The smallest absolute Gasteiger partial charge is 0.251 e. The van der Waals surface area contributed by atoms with Crippen LogP contribution in [0.15, 0.2) is 87.3 Å². The third-order valence-electron chi connectivity index (χ3n) is 7.65. The third kappa shape index (κ3) is 6.99. The number of nitrogens with one attached hydrogen (secondary N) is 1. The van der Waals surface area contributed by atoms with Gasteiger partial charge in [-0.1, -0.05) is 45.9 Å². The number of hydrogen-bond donors (Lipinski definition) is 1. The molecule has 0 aliphatic carbocycles. The Morgan fingerprint density at radius 1 is 0.933 bits per heavy atom. The van der Waals surface area contributed by atoms with Crippen LogP contribution in [-0.2, 0) is 32.5 Å². The number of carbonyl (C=O) groups is 2. The Hall–Kier alpha value is -3.56. The van der Waals surface area contributed by atoms with E-state index in [4.69, 9.17) is 4.74 Å². The van der Waals surface area contributed by atoms with Crippen molar-refractivity contribution in [3.8, 4) is 5.69 Å². The molecule has 11 nitrogen and oxygen atoms in total. The molecule has 6 rings (SSSR count). The highest BCUT2D eigenvalue weighted by Gasteiger charge is 2.27. The van der Waals surface area contributed by atoms with E-state index in [1.165, 1.54) is 45.9 Å². The van der Waals surface area contributed by atoms with E-state index in [1.54, 1.807) is 0 Å². The summed E-state index contributed by atoms with van der Waals surface area (Å²) in [4.78, 5) is 28.3. The average molecular weight is 712 g/mol. The number of morpholine rings is 1. The summed E-state index contributed by atoms with van der Waals surface area (Å²) in [6, 6.07) is 21.5. The molecule has 45 heavy (non-hydrogen) atoms. The highest BCUT2D eigenvalue weighted by molar-refractivity contribution is 9.10. The van der Waals surface area contributed by atoms with E-state index < -0.39 is 10.0 Å². The van der Waals surface area contributed by atoms with Gasteiger partial charge in [0.05, 0.1) is 30.4 Å². The quantitative estimate of drug-likeness (QED) is 0.258. The zero-order valence-corrected chi connectivity index (χ0v) is 27.5. The minimum Gasteiger partial charge on any atom is -0.379 e. The number of fused-ring (bicyclic) bond motifs is 1. The average Bonchev–Trinajstić information content (AvgIpc) is 3.49. The number of benzene rings is 3. The highest BCUT2D eigenvalue weighted by Crippen LogP contribution is 2.29. The van der Waals surface area contributed by atoms with Crippen LogP contribution in [0.3, 0.4) is 0 Å². The number of nitrogens with zero attached hydrogens (tertiary/aromatic N) is 5. The Labute approximate surface area is 274 Å². The summed E-state index contributed by atoms with van der Waals surface area (Å²) < 4.78 is 35.2. The molecule has 0 spiro atoms. The van der Waals surface area contributed by atoms with Crippen molar-refractivity contribution < 1.29 is 22.7 Å². The van der Waals surface area contributed by atoms with Gasteiger partial charge in [-0.2, -0.15) is 4.31 Å². The number of ether oxygens (including phenoxy) is 1. The van der Waals surface area contributed by atoms with E-state index >= 15 is 0 Å². The Balaban J connectivity index is 1.16. The van der Waals surface area contributed by atoms with Gasteiger partial charge < -0.3 is 15.0 Å². The number of halogens is 1. The number of aryl methyl sites for hydroxylation is 1. The summed E-state index contributed by atoms with van der Waals surface area (Å²) >= 11 is 4.76. The molecule has 1 saturated heterocycles. The molecular formula is C31H31BrN6O5S2. The predicted molar refractivity (Wildman–Crippen MR) is 174 cm³/mol. The second-order valence-electron chi connectivity index (χ2n) is 10.5. The fourth-order valence-electron chi connectivity index (χ4n) is 5.33. The first-order valence-electron chi connectivity index (χ1n) is 14.5. The van der Waals surface area contributed by atoms with Gasteiger partial charge in [0.2, 0.25) is 15.9 Å². The molecule has 14 heteroatoms. The fourth-order valence-corrected chi connectivity index (χ4v) is 7.85. The fraction of sp³-hybridized carbons (Fsp3) is 0.290. The van der Waals surface area contributed by atoms with Crippen molar-refractivity contribution in [2.45, 2.75) is 29.4 Å². The number of carbonyl (C=O) groups excluding carboxylic acids is 2. The van der Waals surface area contributed by atoms with Crippen LogP contribution in [0.5, 0.6) is 0 Å². The molecule has 0 radical (unpaired) electrons. The molecule has 1 fully saturated rings. The molecule has 0 bridgehead atoms. The number of sulfonamides is 1. The number of anilines is 1. The van der Waals surface area contributed by atoms with Crippen LogP contribution in [-0.4, -0.2) is 77.9 Å². The summed E-state index contributed by atoms with van der Waals surface area (Å²) in [7, 11) is -3.66. The summed E-state index contributed by atoms with van der Waals surface area (Å²) in [6.07, 6.45) is 1.87. The van der Waals surface area contributed by atoms with Crippen molar-refractivity contribution in [2.24, 2.45) is 0 Å². The van der Waals surface area contributed by atoms with E-state index in [-0.39, 0.29) is 29.0 Å². The zero-order valence-electron chi connectivity index (χ0n) is 24.3. The van der Waals surface area contributed by atoms with Crippen molar-refractivity contribution in [1.82, 2.24) is 24.4 Å². The molecule has 4 aromatic rings. The number of aromatic nitrogens is 3. The Bertz CT molecular complexity index is 1790. The Morgan fingerprint density at radius 3 is 2.42 bits per heavy atom. The van der Waals surface area contributed by atoms with E-state index in [9.17, 15) is 18.0 Å². The third-order valence-corrected chi connectivity index (χ3v) is 11.0. The van der Waals surface area contributed by atoms with E-state index in [0.717, 1.165) is 28.7 Å². The molecule has 2 aliphatic rings. The van der Waals surface area contributed by atoms with Crippen LogP contribution in [0.4, 0.5) is 5.69 Å². The number of rotatable bonds is 9. The van der Waals surface area contributed by atoms with Gasteiger partial charge in [-0.05, 0) is 73.0 Å². The maximum absolute atomic E-state index is 13.3. The molecule has 1 aromatic heterocycles. The lowest BCUT2D eigenvalue weighted by atomic mass is 10.0. The SMILES string of the molecule is O=C(NCc1nnc(SCC(=O)N2CCCc3ccccc32)n1-c1ccc(Br)cc1)c1ccc(S(=O)(=O)N2CCOCC2)cc1. The molecule has 2 aliphatic heterocycles. The maximum Gasteiger partial charge on any atom is 0.251 e. The normalized spacial score (nSPS) is 15.4. The largest absolute Gasteiger partial charge is 0.379 e. The number of thioether (sulfide) groups is 1. The second kappa shape index (κ2) is 13.8. The highest BCUT2D eigenvalue weighted by atomic mass is 79.9. The van der Waals surface area contributed by atoms with Crippen LogP contribution >= 0.6 is 27.7 Å². The lowest BCUT2D eigenvalue weighted by Gasteiger charge is -2.29. The molecule has 1 N–H and O–H groups in total. The number of amides is 2. The predicted octanol–water partition coefficient (Wildman–Crippen LogP) is 4.05. The first-order valence-corrected chi connectivity index (χ1v) is 17.7. The summed E-state index contributed by atoms with van der Waals surface area (Å²) in [6.45, 7) is 2.04. The summed E-state index contributed by atoms with van der Waals surface area (Å²) in [5.74, 6) is 0.264. The lowest BCUT2D eigenvalue weighted by Crippen LogP contribution is -2.40. The van der Waals surface area contributed by atoms with Gasteiger partial charge in [0.1, 0.15) is 0 Å². The van der Waals surface area contributed by atoms with E-state index in [2.05, 4.69) is 37.5 Å².